The van der Waals surface area contributed by atoms with Crippen LogP contribution in [-0.2, 0) is 17.9 Å². The van der Waals surface area contributed by atoms with Crippen molar-refractivity contribution in [2.45, 2.75) is 51.4 Å². The molecular formula is C21H25N5O3. The highest BCUT2D eigenvalue weighted by molar-refractivity contribution is 5.99. The minimum absolute atomic E-state index is 0.141. The number of hydrogen-bond donors (Lipinski definition) is 2. The zero-order chi connectivity index (χ0) is 20.4. The number of carbonyl (C=O) groups is 3. The van der Waals surface area contributed by atoms with Crippen LogP contribution in [0, 0.1) is 0 Å². The van der Waals surface area contributed by atoms with E-state index in [2.05, 4.69) is 15.7 Å². The molecule has 1 aromatic heterocycles. The third kappa shape index (κ3) is 4.47. The highest BCUT2D eigenvalue weighted by Crippen LogP contribution is 2.19. The van der Waals surface area contributed by atoms with Gasteiger partial charge in [0, 0.05) is 31.7 Å². The monoisotopic (exact) mass is 395 g/mol. The Morgan fingerprint density at radius 1 is 1.21 bits per heavy atom. The summed E-state index contributed by atoms with van der Waals surface area (Å²) in [7, 11) is 0. The summed E-state index contributed by atoms with van der Waals surface area (Å²) in [6, 6.07) is 10.9. The molecule has 8 heteroatoms. The predicted molar refractivity (Wildman–Crippen MR) is 106 cm³/mol. The molecule has 1 aliphatic carbocycles. The van der Waals surface area contributed by atoms with E-state index in [-0.39, 0.29) is 23.6 Å². The molecule has 0 radical (unpaired) electrons. The number of aromatic nitrogens is 2. The van der Waals surface area contributed by atoms with E-state index in [1.807, 2.05) is 30.3 Å². The summed E-state index contributed by atoms with van der Waals surface area (Å²) in [4.78, 5) is 39.4. The van der Waals surface area contributed by atoms with Gasteiger partial charge in [0.1, 0.15) is 11.7 Å². The van der Waals surface area contributed by atoms with E-state index in [0.717, 1.165) is 24.8 Å². The normalized spacial score (nSPS) is 17.3. The topological polar surface area (TPSA) is 96.3 Å². The second kappa shape index (κ2) is 8.06. The van der Waals surface area contributed by atoms with Crippen molar-refractivity contribution in [1.82, 2.24) is 25.3 Å². The first-order valence-corrected chi connectivity index (χ1v) is 10.0. The fourth-order valence-corrected chi connectivity index (χ4v) is 3.39. The summed E-state index contributed by atoms with van der Waals surface area (Å²) >= 11 is 0. The Labute approximate surface area is 169 Å². The molecule has 2 aromatic rings. The minimum atomic E-state index is -0.658. The van der Waals surface area contributed by atoms with Crippen LogP contribution in [0.4, 0.5) is 0 Å². The van der Waals surface area contributed by atoms with Gasteiger partial charge in [-0.15, -0.1) is 0 Å². The molecule has 0 bridgehead atoms. The van der Waals surface area contributed by atoms with Crippen molar-refractivity contribution in [2.75, 3.05) is 6.54 Å². The standard InChI is InChI=1S/C21H25N5O3/c1-14(19(27)23-16-8-9-16)22-20(28)17-12-18-21(29)25(10-5-11-26(18)24-17)13-15-6-3-2-4-7-15/h2-4,6-7,12,14,16H,5,8-11,13H2,1H3,(H,22,28)(H,23,27). The highest BCUT2D eigenvalue weighted by atomic mass is 16.2. The number of hydrogen-bond acceptors (Lipinski definition) is 4. The summed E-state index contributed by atoms with van der Waals surface area (Å²) < 4.78 is 1.59. The Morgan fingerprint density at radius 3 is 2.69 bits per heavy atom. The Kier molecular flexibility index (Phi) is 5.33. The third-order valence-electron chi connectivity index (χ3n) is 5.20. The van der Waals surface area contributed by atoms with Crippen LogP contribution in [0.25, 0.3) is 0 Å². The van der Waals surface area contributed by atoms with E-state index >= 15 is 0 Å². The summed E-state index contributed by atoms with van der Waals surface area (Å²) in [5.41, 5.74) is 1.61. The van der Waals surface area contributed by atoms with E-state index in [1.165, 1.54) is 6.07 Å². The van der Waals surface area contributed by atoms with Crippen molar-refractivity contribution >= 4 is 17.7 Å². The third-order valence-corrected chi connectivity index (χ3v) is 5.20. The smallest absolute Gasteiger partial charge is 0.272 e. The van der Waals surface area contributed by atoms with Gasteiger partial charge in [0.25, 0.3) is 11.8 Å². The second-order valence-corrected chi connectivity index (χ2v) is 7.68. The fraction of sp³-hybridized carbons (Fsp3) is 0.429. The van der Waals surface area contributed by atoms with Gasteiger partial charge in [0.2, 0.25) is 5.91 Å². The first-order valence-electron chi connectivity index (χ1n) is 10.0. The summed E-state index contributed by atoms with van der Waals surface area (Å²) in [6.45, 7) is 3.36. The lowest BCUT2D eigenvalue weighted by molar-refractivity contribution is -0.122. The maximum Gasteiger partial charge on any atom is 0.272 e. The van der Waals surface area contributed by atoms with Crippen LogP contribution in [0.2, 0.25) is 0 Å². The van der Waals surface area contributed by atoms with Crippen LogP contribution in [0.3, 0.4) is 0 Å². The van der Waals surface area contributed by atoms with Gasteiger partial charge in [-0.3, -0.25) is 19.1 Å². The Balaban J connectivity index is 1.44. The maximum atomic E-state index is 13.0. The number of nitrogens with zero attached hydrogens (tertiary/aromatic N) is 3. The average Bonchev–Trinajstić information content (AvgIpc) is 3.45. The number of benzene rings is 1. The van der Waals surface area contributed by atoms with Gasteiger partial charge in [0.15, 0.2) is 5.69 Å². The van der Waals surface area contributed by atoms with Crippen molar-refractivity contribution in [3.63, 3.8) is 0 Å². The second-order valence-electron chi connectivity index (χ2n) is 7.68. The van der Waals surface area contributed by atoms with Gasteiger partial charge < -0.3 is 15.5 Å². The SMILES string of the molecule is CC(NC(=O)c1cc2n(n1)CCCN(Cc1ccccc1)C2=O)C(=O)NC1CC1. The molecule has 0 spiro atoms. The van der Waals surface area contributed by atoms with Crippen molar-refractivity contribution < 1.29 is 14.4 Å². The molecule has 29 heavy (non-hydrogen) atoms. The number of rotatable bonds is 6. The molecule has 1 saturated carbocycles. The fourth-order valence-electron chi connectivity index (χ4n) is 3.39. The van der Waals surface area contributed by atoms with Gasteiger partial charge >= 0.3 is 0 Å². The molecule has 4 rings (SSSR count). The number of nitrogens with one attached hydrogen (secondary N) is 2. The minimum Gasteiger partial charge on any atom is -0.352 e. The van der Waals surface area contributed by atoms with E-state index in [9.17, 15) is 14.4 Å². The van der Waals surface area contributed by atoms with Gasteiger partial charge in [-0.25, -0.2) is 0 Å². The highest BCUT2D eigenvalue weighted by Gasteiger charge is 2.29. The summed E-state index contributed by atoms with van der Waals surface area (Å²) in [5, 5.41) is 9.85. The Bertz CT molecular complexity index is 920. The molecule has 2 aliphatic rings. The van der Waals surface area contributed by atoms with Crippen molar-refractivity contribution in [1.29, 1.82) is 0 Å². The molecule has 2 heterocycles. The zero-order valence-electron chi connectivity index (χ0n) is 16.4. The van der Waals surface area contributed by atoms with Gasteiger partial charge in [-0.05, 0) is 31.7 Å². The summed E-state index contributed by atoms with van der Waals surface area (Å²) in [6.07, 6.45) is 2.73. The molecule has 1 unspecified atom stereocenters. The largest absolute Gasteiger partial charge is 0.352 e. The molecule has 2 N–H and O–H groups in total. The first-order chi connectivity index (χ1) is 14.0. The van der Waals surface area contributed by atoms with Crippen LogP contribution in [0.1, 0.15) is 52.7 Å². The molecule has 1 aromatic carbocycles. The molecule has 1 aliphatic heterocycles. The molecule has 0 saturated heterocycles. The Morgan fingerprint density at radius 2 is 1.97 bits per heavy atom. The molecule has 1 atom stereocenters. The lowest BCUT2D eigenvalue weighted by Crippen LogP contribution is -2.45. The maximum absolute atomic E-state index is 13.0. The number of amides is 3. The molecule has 3 amide bonds. The van der Waals surface area contributed by atoms with Crippen LogP contribution in [-0.4, -0.2) is 51.0 Å². The van der Waals surface area contributed by atoms with Crippen molar-refractivity contribution in [3.05, 3.63) is 53.3 Å². The summed E-state index contributed by atoms with van der Waals surface area (Å²) in [5.74, 6) is -0.796. The van der Waals surface area contributed by atoms with Gasteiger partial charge in [-0.2, -0.15) is 5.10 Å². The molecule has 152 valence electrons. The van der Waals surface area contributed by atoms with E-state index in [1.54, 1.807) is 16.5 Å². The molecule has 8 nitrogen and oxygen atoms in total. The quantitative estimate of drug-likeness (QED) is 0.771. The van der Waals surface area contributed by atoms with Crippen LogP contribution < -0.4 is 10.6 Å². The number of fused-ring (bicyclic) bond motifs is 1. The van der Waals surface area contributed by atoms with Gasteiger partial charge in [0.05, 0.1) is 0 Å². The van der Waals surface area contributed by atoms with E-state index in [4.69, 9.17) is 0 Å². The lowest BCUT2D eigenvalue weighted by atomic mass is 10.2. The van der Waals surface area contributed by atoms with Crippen LogP contribution in [0.15, 0.2) is 36.4 Å². The van der Waals surface area contributed by atoms with Crippen LogP contribution >= 0.6 is 0 Å². The lowest BCUT2D eigenvalue weighted by Gasteiger charge is -2.20. The van der Waals surface area contributed by atoms with Crippen molar-refractivity contribution in [3.8, 4) is 0 Å². The number of aryl methyl sites for hydroxylation is 1. The number of carbonyl (C=O) groups excluding carboxylic acids is 3. The molecule has 1 fully saturated rings. The van der Waals surface area contributed by atoms with Gasteiger partial charge in [-0.1, -0.05) is 30.3 Å². The Hall–Kier alpha value is -3.16. The first kappa shape index (κ1) is 19.2. The predicted octanol–water partition coefficient (Wildman–Crippen LogP) is 1.33. The average molecular weight is 395 g/mol. The van der Waals surface area contributed by atoms with E-state index in [0.29, 0.717) is 25.3 Å². The van der Waals surface area contributed by atoms with Crippen molar-refractivity contribution in [2.24, 2.45) is 0 Å². The zero-order valence-corrected chi connectivity index (χ0v) is 16.4. The van der Waals surface area contributed by atoms with E-state index < -0.39 is 11.9 Å². The van der Waals surface area contributed by atoms with Crippen LogP contribution in [0.5, 0.6) is 0 Å². The molecular weight excluding hydrogens is 370 g/mol.